The van der Waals surface area contributed by atoms with Crippen molar-refractivity contribution in [2.75, 3.05) is 0 Å². The number of hydrogen-bond donors (Lipinski definition) is 0. The summed E-state index contributed by atoms with van der Waals surface area (Å²) in [5, 5.41) is 0. The van der Waals surface area contributed by atoms with Crippen molar-refractivity contribution >= 4 is 42.2 Å². The van der Waals surface area contributed by atoms with Gasteiger partial charge in [-0.05, 0) is 0 Å². The second kappa shape index (κ2) is 6.10. The zero-order valence-electron chi connectivity index (χ0n) is 9.88. The fraction of sp³-hybridized carbons (Fsp3) is 0. The van der Waals surface area contributed by atoms with Crippen LogP contribution in [0, 0.1) is 0 Å². The van der Waals surface area contributed by atoms with Crippen molar-refractivity contribution in [3.8, 4) is 11.3 Å². The molecule has 0 atom stereocenters. The first-order chi connectivity index (χ1) is 9.31. The predicted octanol–water partition coefficient (Wildman–Crippen LogP) is 5.20. The summed E-state index contributed by atoms with van der Waals surface area (Å²) < 4.78 is 8.12. The molecule has 0 saturated carbocycles. The van der Waals surface area contributed by atoms with E-state index >= 15 is 0 Å². The van der Waals surface area contributed by atoms with Crippen molar-refractivity contribution in [2.24, 2.45) is 0 Å². The van der Waals surface area contributed by atoms with E-state index in [1.165, 1.54) is 4.90 Å². The topological polar surface area (TPSA) is 11.3 Å². The van der Waals surface area contributed by atoms with Crippen LogP contribution < -0.4 is 0 Å². The van der Waals surface area contributed by atoms with Gasteiger partial charge in [-0.25, -0.2) is 0 Å². The van der Waals surface area contributed by atoms with Crippen LogP contribution in [0.15, 0.2) is 77.3 Å². The van der Waals surface area contributed by atoms with Crippen molar-refractivity contribution in [2.45, 2.75) is 8.86 Å². The summed E-state index contributed by atoms with van der Waals surface area (Å²) in [5.74, 6) is 0.978. The molecule has 0 N–H and O–H groups in total. The Morgan fingerprint density at radius 2 is 1.68 bits per heavy atom. The second-order valence-electron chi connectivity index (χ2n) is 3.87. The summed E-state index contributed by atoms with van der Waals surface area (Å²) in [6.45, 7) is 0. The molecule has 0 aliphatic rings. The van der Waals surface area contributed by atoms with Gasteiger partial charge in [-0.15, -0.1) is 0 Å². The van der Waals surface area contributed by atoms with Crippen molar-refractivity contribution in [1.82, 2.24) is 0 Å². The van der Waals surface area contributed by atoms with Gasteiger partial charge in [0.05, 0.1) is 0 Å². The van der Waals surface area contributed by atoms with E-state index in [1.54, 1.807) is 11.8 Å². The Kier molecular flexibility index (Phi) is 4.24. The molecule has 0 saturated heterocycles. The first-order valence-corrected chi connectivity index (χ1v) is 9.17. The third-order valence-electron chi connectivity index (χ3n) is 2.53. The summed E-state index contributed by atoms with van der Waals surface area (Å²) in [6, 6.07) is 18.6. The zero-order chi connectivity index (χ0) is 13.1. The maximum atomic E-state index is 5.94. The minimum atomic E-state index is 0.295. The minimum absolute atomic E-state index is 0.295. The molecule has 0 aliphatic heterocycles. The Bertz CT molecular complexity index is 664. The Labute approximate surface area is 130 Å². The molecule has 3 aromatic rings. The molecule has 0 radical (unpaired) electrons. The molecule has 0 fully saturated rings. The molecule has 1 nitrogen and oxygen atoms in total. The van der Waals surface area contributed by atoms with E-state index in [1.807, 2.05) is 30.3 Å². The molecule has 4 heteroatoms. The van der Waals surface area contributed by atoms with E-state index in [0.717, 1.165) is 19.8 Å². The Hall–Kier alpha value is -0.801. The van der Waals surface area contributed by atoms with Crippen molar-refractivity contribution in [1.29, 1.82) is 0 Å². The standard InChI is InChI=1S/C15H10BrOSSe/c16-12-8-6-11(7-9-12)14-10-19-15(17-14)18-13-4-2-1-3-5-13/h1-10H/q+1. The van der Waals surface area contributed by atoms with Gasteiger partial charge in [-0.2, -0.15) is 0 Å². The molecular formula is C15H10BrOSSe+. The molecule has 94 valence electrons. The van der Waals surface area contributed by atoms with E-state index in [-0.39, 0.29) is 0 Å². The second-order valence-corrected chi connectivity index (χ2v) is 8.19. The first kappa shape index (κ1) is 13.2. The first-order valence-electron chi connectivity index (χ1n) is 5.72. The summed E-state index contributed by atoms with van der Waals surface area (Å²) in [6.07, 6.45) is 0. The molecular weight excluding hydrogens is 387 g/mol. The molecule has 0 aliphatic carbocycles. The van der Waals surface area contributed by atoms with Crippen LogP contribution in [-0.2, 0) is 0 Å². The summed E-state index contributed by atoms with van der Waals surface area (Å²) >= 11 is 5.45. The summed E-state index contributed by atoms with van der Waals surface area (Å²) in [5.41, 5.74) is 1.13. The van der Waals surface area contributed by atoms with Gasteiger partial charge < -0.3 is 0 Å². The molecule has 1 heterocycles. The molecule has 2 aromatic carbocycles. The molecule has 19 heavy (non-hydrogen) atoms. The van der Waals surface area contributed by atoms with E-state index in [4.69, 9.17) is 4.42 Å². The van der Waals surface area contributed by atoms with Crippen molar-refractivity contribution < 1.29 is 4.42 Å². The SMILES string of the molecule is Brc1ccc(-c2c[se]c(Sc3ccccc3)[o+]2)cc1. The van der Waals surface area contributed by atoms with Crippen LogP contribution in [0.4, 0.5) is 0 Å². The zero-order valence-corrected chi connectivity index (χ0v) is 14.0. The predicted molar refractivity (Wildman–Crippen MR) is 83.8 cm³/mol. The van der Waals surface area contributed by atoms with E-state index < -0.39 is 0 Å². The van der Waals surface area contributed by atoms with Gasteiger partial charge in [0.15, 0.2) is 0 Å². The normalized spacial score (nSPS) is 10.6. The van der Waals surface area contributed by atoms with Gasteiger partial charge in [0.1, 0.15) is 0 Å². The van der Waals surface area contributed by atoms with Gasteiger partial charge in [0.2, 0.25) is 0 Å². The number of halogens is 1. The van der Waals surface area contributed by atoms with E-state index in [9.17, 15) is 0 Å². The van der Waals surface area contributed by atoms with Crippen LogP contribution in [0.1, 0.15) is 0 Å². The van der Waals surface area contributed by atoms with E-state index in [0.29, 0.717) is 14.5 Å². The van der Waals surface area contributed by atoms with Crippen LogP contribution in [0.25, 0.3) is 11.3 Å². The van der Waals surface area contributed by atoms with Crippen LogP contribution in [0.3, 0.4) is 0 Å². The molecule has 3 rings (SSSR count). The van der Waals surface area contributed by atoms with Gasteiger partial charge in [0, 0.05) is 0 Å². The Balaban J connectivity index is 1.82. The Morgan fingerprint density at radius 1 is 0.947 bits per heavy atom. The van der Waals surface area contributed by atoms with Crippen molar-refractivity contribution in [3.63, 3.8) is 0 Å². The van der Waals surface area contributed by atoms with Gasteiger partial charge in [-0.3, -0.25) is 0 Å². The summed E-state index contributed by atoms with van der Waals surface area (Å²) in [7, 11) is 0. The van der Waals surface area contributed by atoms with Gasteiger partial charge in [-0.1, -0.05) is 0 Å². The van der Waals surface area contributed by atoms with Crippen molar-refractivity contribution in [3.05, 3.63) is 64.0 Å². The quantitative estimate of drug-likeness (QED) is 0.445. The van der Waals surface area contributed by atoms with Crippen LogP contribution >= 0.6 is 27.7 Å². The number of rotatable bonds is 3. The molecule has 0 unspecified atom stereocenters. The molecule has 0 bridgehead atoms. The summed E-state index contributed by atoms with van der Waals surface area (Å²) in [4.78, 5) is 3.42. The monoisotopic (exact) mass is 397 g/mol. The van der Waals surface area contributed by atoms with Crippen LogP contribution in [0.2, 0.25) is 0 Å². The molecule has 0 amide bonds. The van der Waals surface area contributed by atoms with Crippen LogP contribution in [0.5, 0.6) is 0 Å². The third kappa shape index (κ3) is 3.40. The molecule has 1 aromatic heterocycles. The fourth-order valence-corrected chi connectivity index (χ4v) is 4.80. The number of hydrogen-bond acceptors (Lipinski definition) is 1. The third-order valence-corrected chi connectivity index (χ3v) is 6.11. The fourth-order valence-electron chi connectivity index (χ4n) is 1.61. The Morgan fingerprint density at radius 3 is 2.42 bits per heavy atom. The average molecular weight is 397 g/mol. The van der Waals surface area contributed by atoms with E-state index in [2.05, 4.69) is 45.1 Å². The van der Waals surface area contributed by atoms with Crippen LogP contribution in [-0.4, -0.2) is 14.5 Å². The maximum absolute atomic E-state index is 5.94. The van der Waals surface area contributed by atoms with Gasteiger partial charge in [0.25, 0.3) is 0 Å². The van der Waals surface area contributed by atoms with Gasteiger partial charge >= 0.3 is 131 Å². The molecule has 0 spiro atoms. The average Bonchev–Trinajstić information content (AvgIpc) is 2.89. The number of benzene rings is 2.